The first-order valence-corrected chi connectivity index (χ1v) is 7.31. The summed E-state index contributed by atoms with van der Waals surface area (Å²) < 4.78 is 0. The van der Waals surface area contributed by atoms with E-state index in [1.807, 2.05) is 0 Å². The molecule has 0 aromatic heterocycles. The second kappa shape index (κ2) is 8.15. The number of hydrogen-bond acceptors (Lipinski definition) is 3. The molecule has 1 fully saturated rings. The number of likely N-dealkylation sites (tertiary alicyclic amines) is 1. The van der Waals surface area contributed by atoms with Crippen LogP contribution in [0.2, 0.25) is 0 Å². The van der Waals surface area contributed by atoms with Crippen LogP contribution in [0.15, 0.2) is 0 Å². The van der Waals surface area contributed by atoms with Crippen molar-refractivity contribution in [3.05, 3.63) is 0 Å². The van der Waals surface area contributed by atoms with Crippen LogP contribution in [0.1, 0.15) is 40.0 Å². The maximum atomic E-state index is 11.8. The summed E-state index contributed by atoms with van der Waals surface area (Å²) in [5.41, 5.74) is 0. The Morgan fingerprint density at radius 2 is 1.84 bits per heavy atom. The Morgan fingerprint density at radius 1 is 1.21 bits per heavy atom. The standard InChI is InChI=1S/C14H27N3O2/c1-4-5-6-15-14(19)16-13(18)10-17-8-11(2)7-12(3)9-17/h11-12H,4-10H2,1-3H3,(H2,15,16,18,19)/t11-,12-/m0/s1. The minimum atomic E-state index is -0.378. The molecule has 1 rings (SSSR count). The van der Waals surface area contributed by atoms with E-state index >= 15 is 0 Å². The van der Waals surface area contributed by atoms with E-state index in [1.165, 1.54) is 6.42 Å². The zero-order chi connectivity index (χ0) is 14.3. The molecule has 2 atom stereocenters. The average molecular weight is 269 g/mol. The molecule has 110 valence electrons. The van der Waals surface area contributed by atoms with Crippen molar-refractivity contribution in [2.45, 2.75) is 40.0 Å². The molecule has 1 saturated heterocycles. The van der Waals surface area contributed by atoms with E-state index < -0.39 is 0 Å². The summed E-state index contributed by atoms with van der Waals surface area (Å²) >= 11 is 0. The lowest BCUT2D eigenvalue weighted by Crippen LogP contribution is -2.48. The number of hydrogen-bond donors (Lipinski definition) is 2. The van der Waals surface area contributed by atoms with Crippen molar-refractivity contribution in [2.24, 2.45) is 11.8 Å². The molecule has 5 heteroatoms. The van der Waals surface area contributed by atoms with Crippen molar-refractivity contribution >= 4 is 11.9 Å². The number of amides is 3. The number of imide groups is 1. The van der Waals surface area contributed by atoms with Gasteiger partial charge in [-0.25, -0.2) is 4.79 Å². The van der Waals surface area contributed by atoms with Gasteiger partial charge in [0, 0.05) is 19.6 Å². The molecule has 1 aliphatic rings. The van der Waals surface area contributed by atoms with Gasteiger partial charge in [0.05, 0.1) is 6.54 Å². The molecule has 3 amide bonds. The summed E-state index contributed by atoms with van der Waals surface area (Å²) in [6.45, 7) is 9.28. The third-order valence-electron chi connectivity index (χ3n) is 3.38. The van der Waals surface area contributed by atoms with E-state index in [2.05, 4.69) is 36.3 Å². The van der Waals surface area contributed by atoms with Crippen LogP contribution in [0, 0.1) is 11.8 Å². The topological polar surface area (TPSA) is 61.4 Å². The highest BCUT2D eigenvalue weighted by atomic mass is 16.2. The summed E-state index contributed by atoms with van der Waals surface area (Å²) in [7, 11) is 0. The first kappa shape index (κ1) is 16.0. The number of unbranched alkanes of at least 4 members (excludes halogenated alkanes) is 1. The van der Waals surface area contributed by atoms with Crippen molar-refractivity contribution in [1.82, 2.24) is 15.5 Å². The molecule has 0 bridgehead atoms. The van der Waals surface area contributed by atoms with Gasteiger partial charge >= 0.3 is 6.03 Å². The number of nitrogens with zero attached hydrogens (tertiary/aromatic N) is 1. The van der Waals surface area contributed by atoms with Gasteiger partial charge in [0.15, 0.2) is 0 Å². The zero-order valence-electron chi connectivity index (χ0n) is 12.4. The molecule has 2 N–H and O–H groups in total. The van der Waals surface area contributed by atoms with E-state index in [9.17, 15) is 9.59 Å². The number of carbonyl (C=O) groups is 2. The fraction of sp³-hybridized carbons (Fsp3) is 0.857. The molecule has 5 nitrogen and oxygen atoms in total. The SMILES string of the molecule is CCCCNC(=O)NC(=O)CN1C[C@@H](C)C[C@H](C)C1. The van der Waals surface area contributed by atoms with Crippen LogP contribution in [0.5, 0.6) is 0 Å². The van der Waals surface area contributed by atoms with Crippen molar-refractivity contribution in [3.8, 4) is 0 Å². The molecule has 0 aliphatic carbocycles. The molecule has 0 unspecified atom stereocenters. The Balaban J connectivity index is 2.24. The van der Waals surface area contributed by atoms with E-state index in [0.29, 0.717) is 24.9 Å². The second-order valence-corrected chi connectivity index (χ2v) is 5.80. The third-order valence-corrected chi connectivity index (χ3v) is 3.38. The van der Waals surface area contributed by atoms with Gasteiger partial charge in [-0.2, -0.15) is 0 Å². The predicted octanol–water partition coefficient (Wildman–Crippen LogP) is 1.59. The summed E-state index contributed by atoms with van der Waals surface area (Å²) in [6, 6.07) is -0.378. The van der Waals surface area contributed by atoms with Crippen molar-refractivity contribution in [2.75, 3.05) is 26.2 Å². The highest BCUT2D eigenvalue weighted by molar-refractivity contribution is 5.95. The predicted molar refractivity (Wildman–Crippen MR) is 75.8 cm³/mol. The average Bonchev–Trinajstić information content (AvgIpc) is 2.27. The van der Waals surface area contributed by atoms with Crippen LogP contribution in [0.25, 0.3) is 0 Å². The van der Waals surface area contributed by atoms with Gasteiger partial charge in [0.1, 0.15) is 0 Å². The van der Waals surface area contributed by atoms with E-state index in [0.717, 1.165) is 25.9 Å². The van der Waals surface area contributed by atoms with E-state index in [1.54, 1.807) is 0 Å². The Kier molecular flexibility index (Phi) is 6.84. The molecule has 1 aliphatic heterocycles. The van der Waals surface area contributed by atoms with Gasteiger partial charge in [-0.3, -0.25) is 15.0 Å². The Hall–Kier alpha value is -1.10. The Labute approximate surface area is 116 Å². The van der Waals surface area contributed by atoms with Crippen LogP contribution >= 0.6 is 0 Å². The zero-order valence-corrected chi connectivity index (χ0v) is 12.4. The Morgan fingerprint density at radius 3 is 2.42 bits per heavy atom. The highest BCUT2D eigenvalue weighted by Gasteiger charge is 2.23. The maximum absolute atomic E-state index is 11.8. The first-order chi connectivity index (χ1) is 9.01. The van der Waals surface area contributed by atoms with Crippen molar-refractivity contribution in [1.29, 1.82) is 0 Å². The minimum absolute atomic E-state index is 0.213. The van der Waals surface area contributed by atoms with Gasteiger partial charge in [-0.05, 0) is 24.7 Å². The van der Waals surface area contributed by atoms with Crippen LogP contribution in [-0.2, 0) is 4.79 Å². The maximum Gasteiger partial charge on any atom is 0.321 e. The monoisotopic (exact) mass is 269 g/mol. The fourth-order valence-corrected chi connectivity index (χ4v) is 2.71. The van der Waals surface area contributed by atoms with Crippen molar-refractivity contribution < 1.29 is 9.59 Å². The van der Waals surface area contributed by atoms with E-state index in [4.69, 9.17) is 0 Å². The summed E-state index contributed by atoms with van der Waals surface area (Å²) in [5.74, 6) is 1.03. The smallest absolute Gasteiger partial charge is 0.321 e. The summed E-state index contributed by atoms with van der Waals surface area (Å²) in [4.78, 5) is 25.3. The number of urea groups is 1. The number of nitrogens with one attached hydrogen (secondary N) is 2. The number of piperidine rings is 1. The molecule has 19 heavy (non-hydrogen) atoms. The molecule has 0 aromatic rings. The second-order valence-electron chi connectivity index (χ2n) is 5.80. The largest absolute Gasteiger partial charge is 0.338 e. The van der Waals surface area contributed by atoms with Crippen LogP contribution in [0.4, 0.5) is 4.79 Å². The van der Waals surface area contributed by atoms with Crippen LogP contribution in [0.3, 0.4) is 0 Å². The minimum Gasteiger partial charge on any atom is -0.338 e. The summed E-state index contributed by atoms with van der Waals surface area (Å²) in [6.07, 6.45) is 3.18. The lowest BCUT2D eigenvalue weighted by molar-refractivity contribution is -0.121. The summed E-state index contributed by atoms with van der Waals surface area (Å²) in [5, 5.41) is 5.07. The van der Waals surface area contributed by atoms with Gasteiger partial charge in [-0.1, -0.05) is 27.2 Å². The first-order valence-electron chi connectivity index (χ1n) is 7.31. The molecular formula is C14H27N3O2. The molecule has 0 aromatic carbocycles. The molecule has 0 spiro atoms. The number of carbonyl (C=O) groups excluding carboxylic acids is 2. The molecule has 0 saturated carbocycles. The van der Waals surface area contributed by atoms with E-state index in [-0.39, 0.29) is 11.9 Å². The number of rotatable bonds is 5. The van der Waals surface area contributed by atoms with Gasteiger partial charge in [0.25, 0.3) is 0 Å². The van der Waals surface area contributed by atoms with Gasteiger partial charge < -0.3 is 5.32 Å². The lowest BCUT2D eigenvalue weighted by atomic mass is 9.92. The van der Waals surface area contributed by atoms with Gasteiger partial charge in [0.2, 0.25) is 5.91 Å². The molecule has 1 heterocycles. The third kappa shape index (κ3) is 6.57. The quantitative estimate of drug-likeness (QED) is 0.745. The lowest BCUT2D eigenvalue weighted by Gasteiger charge is -2.34. The highest BCUT2D eigenvalue weighted by Crippen LogP contribution is 2.20. The van der Waals surface area contributed by atoms with Gasteiger partial charge in [-0.15, -0.1) is 0 Å². The van der Waals surface area contributed by atoms with Crippen molar-refractivity contribution in [3.63, 3.8) is 0 Å². The fourth-order valence-electron chi connectivity index (χ4n) is 2.71. The van der Waals surface area contributed by atoms with Crippen LogP contribution in [-0.4, -0.2) is 43.0 Å². The molecule has 0 radical (unpaired) electrons. The normalized spacial score (nSPS) is 23.9. The molecular weight excluding hydrogens is 242 g/mol. The Bertz CT molecular complexity index is 297. The van der Waals surface area contributed by atoms with Crippen LogP contribution < -0.4 is 10.6 Å².